The van der Waals surface area contributed by atoms with E-state index in [-0.39, 0.29) is 5.24 Å². The summed E-state index contributed by atoms with van der Waals surface area (Å²) >= 11 is 11.8. The normalized spacial score (nSPS) is 9.75. The average Bonchev–Trinajstić information content (AvgIpc) is 2.38. The highest BCUT2D eigenvalue weighted by molar-refractivity contribution is 9.09. The molecule has 0 aromatic rings. The van der Waals surface area contributed by atoms with E-state index in [4.69, 9.17) is 16.7 Å². The van der Waals surface area contributed by atoms with Crippen molar-refractivity contribution in [1.29, 1.82) is 0 Å². The second-order valence-electron chi connectivity index (χ2n) is 4.46. The molecule has 0 aliphatic carbocycles. The lowest BCUT2D eigenvalue weighted by Crippen LogP contribution is -1.93. The minimum Gasteiger partial charge on any atom is -0.481 e. The van der Waals surface area contributed by atoms with Crippen LogP contribution in [0.5, 0.6) is 0 Å². The van der Waals surface area contributed by atoms with Gasteiger partial charge in [-0.3, -0.25) is 9.59 Å². The highest BCUT2D eigenvalue weighted by Crippen LogP contribution is 2.05. The lowest BCUT2D eigenvalue weighted by atomic mass is 10.2. The van der Waals surface area contributed by atoms with Crippen LogP contribution in [0.3, 0.4) is 0 Å². The first-order valence-electron chi connectivity index (χ1n) is 7.06. The van der Waals surface area contributed by atoms with Crippen LogP contribution in [0.15, 0.2) is 0 Å². The predicted octanol–water partition coefficient (Wildman–Crippen LogP) is 5.51. The van der Waals surface area contributed by atoms with Crippen molar-refractivity contribution in [2.24, 2.45) is 0 Å². The molecule has 0 saturated heterocycles. The maximum absolute atomic E-state index is 10.2. The van der Waals surface area contributed by atoms with Crippen LogP contribution in [0.4, 0.5) is 0 Å². The van der Waals surface area contributed by atoms with Crippen molar-refractivity contribution < 1.29 is 14.7 Å². The Hall–Kier alpha value is 0.390. The summed E-state index contributed by atoms with van der Waals surface area (Å²) in [7, 11) is 0. The second-order valence-corrected chi connectivity index (χ2v) is 6.46. The minimum atomic E-state index is -0.682. The molecule has 0 amide bonds. The van der Waals surface area contributed by atoms with Gasteiger partial charge < -0.3 is 5.11 Å². The third-order valence-corrected chi connectivity index (χ3v) is 3.84. The molecule has 0 saturated carbocycles. The number of hydrogen-bond donors (Lipinski definition) is 1. The number of hydrogen-bond acceptors (Lipinski definition) is 2. The number of unbranched alkanes of at least 4 members (excludes halogenated alkanes) is 6. The Balaban J connectivity index is 0. The quantitative estimate of drug-likeness (QED) is 0.249. The number of carboxylic acid groups (broad SMARTS) is 1. The molecule has 0 aromatic carbocycles. The zero-order chi connectivity index (χ0) is 15.6. The van der Waals surface area contributed by atoms with Crippen LogP contribution >= 0.6 is 43.5 Å². The molecule has 0 fully saturated rings. The van der Waals surface area contributed by atoms with Crippen LogP contribution in [0, 0.1) is 0 Å². The van der Waals surface area contributed by atoms with E-state index < -0.39 is 5.97 Å². The third kappa shape index (κ3) is 26.9. The van der Waals surface area contributed by atoms with E-state index in [9.17, 15) is 9.59 Å². The van der Waals surface area contributed by atoms with Crippen molar-refractivity contribution in [2.75, 3.05) is 10.7 Å². The molecule has 0 bridgehead atoms. The molecule has 0 rings (SSSR count). The van der Waals surface area contributed by atoms with Gasteiger partial charge in [0.05, 0.1) is 0 Å². The molecule has 0 aliphatic heterocycles. The summed E-state index contributed by atoms with van der Waals surface area (Å²) in [5.41, 5.74) is 0. The van der Waals surface area contributed by atoms with Crippen LogP contribution < -0.4 is 0 Å². The van der Waals surface area contributed by atoms with Crippen LogP contribution in [0.2, 0.25) is 0 Å². The van der Waals surface area contributed by atoms with Gasteiger partial charge in [-0.1, -0.05) is 57.5 Å². The van der Waals surface area contributed by atoms with Gasteiger partial charge in [-0.05, 0) is 37.3 Å². The number of carboxylic acids is 1. The largest absolute Gasteiger partial charge is 0.481 e. The smallest absolute Gasteiger partial charge is 0.303 e. The topological polar surface area (TPSA) is 54.4 Å². The first-order chi connectivity index (χ1) is 9.54. The van der Waals surface area contributed by atoms with Gasteiger partial charge in [0.25, 0.3) is 0 Å². The Morgan fingerprint density at radius 1 is 0.750 bits per heavy atom. The van der Waals surface area contributed by atoms with Gasteiger partial charge in [0.1, 0.15) is 0 Å². The number of alkyl halides is 2. The van der Waals surface area contributed by atoms with Gasteiger partial charge in [0, 0.05) is 23.5 Å². The highest BCUT2D eigenvalue weighted by Gasteiger charge is 1.95. The fourth-order valence-corrected chi connectivity index (χ4v) is 2.36. The number of aliphatic carboxylic acids is 1. The molecular weight excluding hydrogens is 411 g/mol. The number of carbonyl (C=O) groups excluding carboxylic acids is 1. The van der Waals surface area contributed by atoms with E-state index in [0.29, 0.717) is 12.8 Å². The van der Waals surface area contributed by atoms with E-state index in [1.807, 2.05) is 0 Å². The maximum Gasteiger partial charge on any atom is 0.303 e. The molecular formula is C14H25Br2ClO3. The zero-order valence-corrected chi connectivity index (χ0v) is 15.8. The molecule has 6 heteroatoms. The first kappa shape index (κ1) is 22.7. The molecule has 3 nitrogen and oxygen atoms in total. The third-order valence-electron chi connectivity index (χ3n) is 2.53. The van der Waals surface area contributed by atoms with Gasteiger partial charge in [-0.15, -0.1) is 0 Å². The predicted molar refractivity (Wildman–Crippen MR) is 92.3 cm³/mol. The Labute approximate surface area is 144 Å². The summed E-state index contributed by atoms with van der Waals surface area (Å²) in [6.07, 6.45) is 9.44. The maximum atomic E-state index is 10.2. The highest BCUT2D eigenvalue weighted by atomic mass is 79.9. The fourth-order valence-electron chi connectivity index (χ4n) is 1.44. The first-order valence-corrected chi connectivity index (χ1v) is 9.68. The van der Waals surface area contributed by atoms with Crippen molar-refractivity contribution in [3.8, 4) is 0 Å². The second kappa shape index (κ2) is 19.4. The van der Waals surface area contributed by atoms with Gasteiger partial charge in [0.15, 0.2) is 0 Å². The Bertz CT molecular complexity index is 214. The van der Waals surface area contributed by atoms with E-state index in [0.717, 1.165) is 49.2 Å². The van der Waals surface area contributed by atoms with Crippen molar-refractivity contribution in [3.05, 3.63) is 0 Å². The van der Waals surface area contributed by atoms with Gasteiger partial charge in [-0.2, -0.15) is 0 Å². The number of rotatable bonds is 12. The lowest BCUT2D eigenvalue weighted by Gasteiger charge is -1.94. The number of carbonyl (C=O) groups is 2. The van der Waals surface area contributed by atoms with Crippen LogP contribution in [0.1, 0.15) is 64.2 Å². The molecule has 0 atom stereocenters. The minimum absolute atomic E-state index is 0.209. The molecule has 0 radical (unpaired) electrons. The molecule has 20 heavy (non-hydrogen) atoms. The average molecular weight is 437 g/mol. The van der Waals surface area contributed by atoms with Crippen LogP contribution in [0.25, 0.3) is 0 Å². The molecule has 0 heterocycles. The van der Waals surface area contributed by atoms with Crippen molar-refractivity contribution in [3.63, 3.8) is 0 Å². The molecule has 0 aromatic heterocycles. The van der Waals surface area contributed by atoms with E-state index in [1.54, 1.807) is 0 Å². The molecule has 0 aliphatic rings. The van der Waals surface area contributed by atoms with Gasteiger partial charge >= 0.3 is 5.97 Å². The monoisotopic (exact) mass is 434 g/mol. The summed E-state index contributed by atoms with van der Waals surface area (Å²) in [5.74, 6) is -0.682. The molecule has 120 valence electrons. The van der Waals surface area contributed by atoms with Gasteiger partial charge in [-0.25, -0.2) is 0 Å². The number of halogens is 3. The van der Waals surface area contributed by atoms with Crippen LogP contribution in [-0.4, -0.2) is 27.0 Å². The molecule has 1 N–H and O–H groups in total. The van der Waals surface area contributed by atoms with E-state index in [2.05, 4.69) is 31.9 Å². The Kier molecular flexibility index (Phi) is 22.0. The summed E-state index contributed by atoms with van der Waals surface area (Å²) in [6.45, 7) is 0. The standard InChI is InChI=1S/C7H12BrClO.C7H13BrO2/c2*8-6-4-2-1-3-5-7(9)10/h1-6H2;1-6H2,(H,9,10). The van der Waals surface area contributed by atoms with E-state index >= 15 is 0 Å². The Morgan fingerprint density at radius 2 is 1.15 bits per heavy atom. The fraction of sp³-hybridized carbons (Fsp3) is 0.857. The van der Waals surface area contributed by atoms with Crippen molar-refractivity contribution in [2.45, 2.75) is 64.2 Å². The molecule has 0 unspecified atom stereocenters. The SMILES string of the molecule is O=C(Cl)CCCCCCBr.O=C(O)CCCCCCBr. The Morgan fingerprint density at radius 3 is 1.50 bits per heavy atom. The zero-order valence-electron chi connectivity index (χ0n) is 11.9. The van der Waals surface area contributed by atoms with Gasteiger partial charge in [0.2, 0.25) is 5.24 Å². The molecule has 0 spiro atoms. The van der Waals surface area contributed by atoms with Crippen molar-refractivity contribution in [1.82, 2.24) is 0 Å². The van der Waals surface area contributed by atoms with Crippen LogP contribution in [-0.2, 0) is 9.59 Å². The summed E-state index contributed by atoms with van der Waals surface area (Å²) < 4.78 is 0. The van der Waals surface area contributed by atoms with Crippen molar-refractivity contribution >= 4 is 54.7 Å². The van der Waals surface area contributed by atoms with E-state index in [1.165, 1.54) is 12.8 Å². The summed E-state index contributed by atoms with van der Waals surface area (Å²) in [5, 5.41) is 10.1. The summed E-state index contributed by atoms with van der Waals surface area (Å²) in [4.78, 5) is 20.3. The lowest BCUT2D eigenvalue weighted by molar-refractivity contribution is -0.137. The summed E-state index contributed by atoms with van der Waals surface area (Å²) in [6, 6.07) is 0.